The van der Waals surface area contributed by atoms with E-state index in [9.17, 15) is 0 Å². The van der Waals surface area contributed by atoms with Gasteiger partial charge in [-0.25, -0.2) is 0 Å². The summed E-state index contributed by atoms with van der Waals surface area (Å²) in [6, 6.07) is 17.9. The molecule has 1 saturated carbocycles. The van der Waals surface area contributed by atoms with Gasteiger partial charge in [-0.1, -0.05) is 56.1 Å². The number of rotatable bonds is 4. The molecule has 0 aliphatic heterocycles. The van der Waals surface area contributed by atoms with Crippen LogP contribution in [0.2, 0.25) is 0 Å². The Morgan fingerprint density at radius 1 is 0.950 bits per heavy atom. The summed E-state index contributed by atoms with van der Waals surface area (Å²) < 4.78 is 2.31. The maximum atomic E-state index is 3.64. The molecule has 1 aliphatic carbocycles. The SMILES string of the molecule is Brc1ccc(C2CC(NCc3cccc(Br)c3)C2)cc1. The fourth-order valence-corrected chi connectivity index (χ4v) is 3.41. The van der Waals surface area contributed by atoms with E-state index >= 15 is 0 Å². The van der Waals surface area contributed by atoms with Gasteiger partial charge >= 0.3 is 0 Å². The third-order valence-corrected chi connectivity index (χ3v) is 4.99. The van der Waals surface area contributed by atoms with Gasteiger partial charge < -0.3 is 5.32 Å². The van der Waals surface area contributed by atoms with Gasteiger partial charge in [0.15, 0.2) is 0 Å². The Labute approximate surface area is 137 Å². The second-order valence-electron chi connectivity index (χ2n) is 5.43. The summed E-state index contributed by atoms with van der Waals surface area (Å²) >= 11 is 7.00. The molecule has 0 saturated heterocycles. The Kier molecular flexibility index (Phi) is 4.59. The molecule has 0 unspecified atom stereocenters. The van der Waals surface area contributed by atoms with Crippen LogP contribution in [0.3, 0.4) is 0 Å². The van der Waals surface area contributed by atoms with E-state index in [1.807, 2.05) is 0 Å². The molecule has 2 aromatic carbocycles. The van der Waals surface area contributed by atoms with Crippen molar-refractivity contribution >= 4 is 31.9 Å². The molecule has 0 amide bonds. The molecule has 0 radical (unpaired) electrons. The second-order valence-corrected chi connectivity index (χ2v) is 7.26. The fourth-order valence-electron chi connectivity index (χ4n) is 2.70. The first-order valence-electron chi connectivity index (χ1n) is 6.94. The third-order valence-electron chi connectivity index (χ3n) is 3.96. The van der Waals surface area contributed by atoms with Gasteiger partial charge in [-0.3, -0.25) is 0 Å². The zero-order valence-corrected chi connectivity index (χ0v) is 14.3. The van der Waals surface area contributed by atoms with Gasteiger partial charge in [0.05, 0.1) is 0 Å². The molecule has 104 valence electrons. The first-order chi connectivity index (χ1) is 9.70. The largest absolute Gasteiger partial charge is 0.310 e. The molecule has 2 aromatic rings. The van der Waals surface area contributed by atoms with Crippen LogP contribution in [0, 0.1) is 0 Å². The van der Waals surface area contributed by atoms with Crippen molar-refractivity contribution in [3.63, 3.8) is 0 Å². The summed E-state index contributed by atoms with van der Waals surface area (Å²) in [6.45, 7) is 0.956. The lowest BCUT2D eigenvalue weighted by Crippen LogP contribution is -2.39. The highest BCUT2D eigenvalue weighted by atomic mass is 79.9. The average molecular weight is 395 g/mol. The lowest BCUT2D eigenvalue weighted by Gasteiger charge is -2.36. The molecule has 0 heterocycles. The second kappa shape index (κ2) is 6.42. The quantitative estimate of drug-likeness (QED) is 0.746. The first-order valence-corrected chi connectivity index (χ1v) is 8.52. The summed E-state index contributed by atoms with van der Waals surface area (Å²) in [5.74, 6) is 0.725. The maximum absolute atomic E-state index is 3.64. The summed E-state index contributed by atoms with van der Waals surface area (Å²) in [5.41, 5.74) is 2.81. The van der Waals surface area contributed by atoms with Crippen molar-refractivity contribution in [2.45, 2.75) is 31.3 Å². The van der Waals surface area contributed by atoms with Crippen LogP contribution in [0.5, 0.6) is 0 Å². The maximum Gasteiger partial charge on any atom is 0.0208 e. The minimum Gasteiger partial charge on any atom is -0.310 e. The molecule has 1 fully saturated rings. The monoisotopic (exact) mass is 393 g/mol. The van der Waals surface area contributed by atoms with Gasteiger partial charge in [0, 0.05) is 21.5 Å². The molecule has 1 aliphatic rings. The first kappa shape index (κ1) is 14.3. The smallest absolute Gasteiger partial charge is 0.0208 e. The van der Waals surface area contributed by atoms with Crippen molar-refractivity contribution in [3.05, 3.63) is 68.6 Å². The zero-order chi connectivity index (χ0) is 13.9. The van der Waals surface area contributed by atoms with Crippen LogP contribution in [0.25, 0.3) is 0 Å². The molecule has 1 nitrogen and oxygen atoms in total. The minimum atomic E-state index is 0.655. The number of hydrogen-bond acceptors (Lipinski definition) is 1. The van der Waals surface area contributed by atoms with Gasteiger partial charge in [0.1, 0.15) is 0 Å². The summed E-state index contributed by atoms with van der Waals surface area (Å²) in [6.07, 6.45) is 2.49. The van der Waals surface area contributed by atoms with E-state index in [0.29, 0.717) is 6.04 Å². The zero-order valence-electron chi connectivity index (χ0n) is 11.2. The highest BCUT2D eigenvalue weighted by Gasteiger charge is 2.29. The van der Waals surface area contributed by atoms with Crippen molar-refractivity contribution in [2.75, 3.05) is 0 Å². The Bertz CT molecular complexity index is 574. The predicted molar refractivity (Wildman–Crippen MR) is 90.9 cm³/mol. The molecule has 3 rings (SSSR count). The topological polar surface area (TPSA) is 12.0 Å². The fraction of sp³-hybridized carbons (Fsp3) is 0.294. The van der Waals surface area contributed by atoms with E-state index in [4.69, 9.17) is 0 Å². The van der Waals surface area contributed by atoms with Gasteiger partial charge in [-0.05, 0) is 54.2 Å². The molecule has 1 N–H and O–H groups in total. The molecular formula is C17H17Br2N. The van der Waals surface area contributed by atoms with Crippen molar-refractivity contribution < 1.29 is 0 Å². The summed E-state index contributed by atoms with van der Waals surface area (Å²) in [5, 5.41) is 3.64. The molecule has 3 heteroatoms. The van der Waals surface area contributed by atoms with E-state index in [2.05, 4.69) is 85.7 Å². The lowest BCUT2D eigenvalue weighted by molar-refractivity contribution is 0.289. The van der Waals surface area contributed by atoms with Crippen LogP contribution < -0.4 is 5.32 Å². The Hall–Kier alpha value is -0.640. The van der Waals surface area contributed by atoms with Crippen molar-refractivity contribution in [3.8, 4) is 0 Å². The lowest BCUT2D eigenvalue weighted by atomic mass is 9.76. The Morgan fingerprint density at radius 3 is 2.40 bits per heavy atom. The molecule has 20 heavy (non-hydrogen) atoms. The van der Waals surface area contributed by atoms with E-state index in [0.717, 1.165) is 21.4 Å². The number of halogens is 2. The molecular weight excluding hydrogens is 378 g/mol. The van der Waals surface area contributed by atoms with Gasteiger partial charge in [0.2, 0.25) is 0 Å². The standard InChI is InChI=1S/C17H17Br2N/c18-15-6-4-13(5-7-15)14-9-17(10-14)20-11-12-2-1-3-16(19)8-12/h1-8,14,17,20H,9-11H2. The predicted octanol–water partition coefficient (Wildman–Crippen LogP) is 5.25. The van der Waals surface area contributed by atoms with E-state index in [1.165, 1.54) is 24.0 Å². The average Bonchev–Trinajstić information content (AvgIpc) is 2.39. The molecule has 0 bridgehead atoms. The van der Waals surface area contributed by atoms with Crippen LogP contribution in [0.4, 0.5) is 0 Å². The molecule has 0 aromatic heterocycles. The molecule has 0 spiro atoms. The van der Waals surface area contributed by atoms with Crippen molar-refractivity contribution in [1.82, 2.24) is 5.32 Å². The van der Waals surface area contributed by atoms with Crippen molar-refractivity contribution in [2.24, 2.45) is 0 Å². The van der Waals surface area contributed by atoms with Crippen molar-refractivity contribution in [1.29, 1.82) is 0 Å². The van der Waals surface area contributed by atoms with Gasteiger partial charge in [-0.15, -0.1) is 0 Å². The van der Waals surface area contributed by atoms with Crippen LogP contribution in [0.1, 0.15) is 29.9 Å². The number of nitrogens with one attached hydrogen (secondary N) is 1. The number of benzene rings is 2. The van der Waals surface area contributed by atoms with E-state index in [1.54, 1.807) is 0 Å². The van der Waals surface area contributed by atoms with E-state index < -0.39 is 0 Å². The van der Waals surface area contributed by atoms with Gasteiger partial charge in [-0.2, -0.15) is 0 Å². The summed E-state index contributed by atoms with van der Waals surface area (Å²) in [7, 11) is 0. The summed E-state index contributed by atoms with van der Waals surface area (Å²) in [4.78, 5) is 0. The Morgan fingerprint density at radius 2 is 1.70 bits per heavy atom. The third kappa shape index (κ3) is 3.51. The normalized spacial score (nSPS) is 21.5. The minimum absolute atomic E-state index is 0.655. The Balaban J connectivity index is 1.48. The van der Waals surface area contributed by atoms with Crippen LogP contribution in [0.15, 0.2) is 57.5 Å². The highest BCUT2D eigenvalue weighted by Crippen LogP contribution is 2.37. The van der Waals surface area contributed by atoms with Crippen LogP contribution in [-0.4, -0.2) is 6.04 Å². The van der Waals surface area contributed by atoms with E-state index in [-0.39, 0.29) is 0 Å². The van der Waals surface area contributed by atoms with Gasteiger partial charge in [0.25, 0.3) is 0 Å². The van der Waals surface area contributed by atoms with Crippen LogP contribution >= 0.6 is 31.9 Å². The highest BCUT2D eigenvalue weighted by molar-refractivity contribution is 9.10. The van der Waals surface area contributed by atoms with Crippen LogP contribution in [-0.2, 0) is 6.54 Å². The number of hydrogen-bond donors (Lipinski definition) is 1. The molecule has 0 atom stereocenters.